The van der Waals surface area contributed by atoms with E-state index >= 15 is 0 Å². The van der Waals surface area contributed by atoms with Crippen molar-refractivity contribution >= 4 is 22.4 Å². The number of rotatable bonds is 5. The second-order valence-electron chi connectivity index (χ2n) is 3.96. The molecule has 2 aromatic rings. The Hall–Kier alpha value is -2.22. The van der Waals surface area contributed by atoms with Gasteiger partial charge in [-0.3, -0.25) is 10.1 Å². The standard InChI is InChI=1S/C13H12F2N2O3S/c1-7-6-21-13(16-7)17-11(18)8-4-3-5-9(19-2)10(8)20-12(14)15/h3-6,12H,1-2H3,(H,16,17,18). The molecule has 0 saturated carbocycles. The van der Waals surface area contributed by atoms with Crippen LogP contribution < -0.4 is 14.8 Å². The minimum absolute atomic E-state index is 0.0532. The molecule has 1 heterocycles. The first-order chi connectivity index (χ1) is 10.0. The Morgan fingerprint density at radius 3 is 2.76 bits per heavy atom. The molecule has 0 unspecified atom stereocenters. The Labute approximate surface area is 123 Å². The first-order valence-corrected chi connectivity index (χ1v) is 6.74. The summed E-state index contributed by atoms with van der Waals surface area (Å²) in [5, 5.41) is 4.67. The molecule has 21 heavy (non-hydrogen) atoms. The number of nitrogens with one attached hydrogen (secondary N) is 1. The molecule has 1 aromatic heterocycles. The molecule has 0 aliphatic heterocycles. The molecule has 112 valence electrons. The number of benzene rings is 1. The molecule has 0 saturated heterocycles. The summed E-state index contributed by atoms with van der Waals surface area (Å²) in [5.41, 5.74) is 0.701. The summed E-state index contributed by atoms with van der Waals surface area (Å²) in [4.78, 5) is 16.2. The lowest BCUT2D eigenvalue weighted by atomic mass is 10.1. The van der Waals surface area contributed by atoms with Crippen molar-refractivity contribution in [3.63, 3.8) is 0 Å². The summed E-state index contributed by atoms with van der Waals surface area (Å²) < 4.78 is 34.3. The van der Waals surface area contributed by atoms with Crippen molar-refractivity contribution < 1.29 is 23.0 Å². The van der Waals surface area contributed by atoms with Crippen molar-refractivity contribution in [2.24, 2.45) is 0 Å². The maximum Gasteiger partial charge on any atom is 0.387 e. The van der Waals surface area contributed by atoms with Crippen molar-refractivity contribution in [1.82, 2.24) is 4.98 Å². The predicted octanol–water partition coefficient (Wildman–Crippen LogP) is 3.31. The SMILES string of the molecule is COc1cccc(C(=O)Nc2nc(C)cs2)c1OC(F)F. The highest BCUT2D eigenvalue weighted by atomic mass is 32.1. The molecule has 1 N–H and O–H groups in total. The second-order valence-corrected chi connectivity index (χ2v) is 4.82. The predicted molar refractivity (Wildman–Crippen MR) is 74.4 cm³/mol. The fraction of sp³-hybridized carbons (Fsp3) is 0.231. The minimum Gasteiger partial charge on any atom is -0.493 e. The Morgan fingerprint density at radius 1 is 1.43 bits per heavy atom. The van der Waals surface area contributed by atoms with Crippen LogP contribution >= 0.6 is 11.3 Å². The van der Waals surface area contributed by atoms with Crippen LogP contribution in [0.15, 0.2) is 23.6 Å². The zero-order valence-corrected chi connectivity index (χ0v) is 12.0. The molecule has 8 heteroatoms. The van der Waals surface area contributed by atoms with Crippen molar-refractivity contribution in [1.29, 1.82) is 0 Å². The van der Waals surface area contributed by atoms with E-state index in [0.29, 0.717) is 5.13 Å². The normalized spacial score (nSPS) is 10.5. The number of aromatic nitrogens is 1. The summed E-state index contributed by atoms with van der Waals surface area (Å²) in [6.45, 7) is -1.28. The highest BCUT2D eigenvalue weighted by Crippen LogP contribution is 2.33. The van der Waals surface area contributed by atoms with Gasteiger partial charge in [0, 0.05) is 5.38 Å². The van der Waals surface area contributed by atoms with E-state index in [1.807, 2.05) is 0 Å². The molecule has 1 aromatic carbocycles. The summed E-state index contributed by atoms with van der Waals surface area (Å²) >= 11 is 1.24. The van der Waals surface area contributed by atoms with E-state index in [1.54, 1.807) is 12.3 Å². The number of hydrogen-bond acceptors (Lipinski definition) is 5. The molecule has 0 bridgehead atoms. The maximum atomic E-state index is 12.5. The highest BCUT2D eigenvalue weighted by molar-refractivity contribution is 7.13. The van der Waals surface area contributed by atoms with Gasteiger partial charge >= 0.3 is 6.61 Å². The molecule has 0 aliphatic carbocycles. The molecule has 0 spiro atoms. The summed E-state index contributed by atoms with van der Waals surface area (Å²) in [5.74, 6) is -0.849. The van der Waals surface area contributed by atoms with Crippen LogP contribution in [0.1, 0.15) is 16.1 Å². The maximum absolute atomic E-state index is 12.5. The van der Waals surface area contributed by atoms with Crippen LogP contribution in [0.25, 0.3) is 0 Å². The van der Waals surface area contributed by atoms with Gasteiger partial charge in [-0.1, -0.05) is 6.07 Å². The molecule has 1 amide bonds. The topological polar surface area (TPSA) is 60.5 Å². The molecule has 5 nitrogen and oxygen atoms in total. The number of anilines is 1. The number of halogens is 2. The van der Waals surface area contributed by atoms with E-state index in [9.17, 15) is 13.6 Å². The van der Waals surface area contributed by atoms with Crippen LogP contribution in [0.2, 0.25) is 0 Å². The van der Waals surface area contributed by atoms with E-state index in [4.69, 9.17) is 4.74 Å². The lowest BCUT2D eigenvalue weighted by Crippen LogP contribution is -2.15. The van der Waals surface area contributed by atoms with Crippen LogP contribution in [0.4, 0.5) is 13.9 Å². The van der Waals surface area contributed by atoms with E-state index in [2.05, 4.69) is 15.0 Å². The van der Waals surface area contributed by atoms with E-state index in [-0.39, 0.29) is 17.1 Å². The third kappa shape index (κ3) is 3.66. The van der Waals surface area contributed by atoms with Gasteiger partial charge in [-0.25, -0.2) is 4.98 Å². The quantitative estimate of drug-likeness (QED) is 0.920. The van der Waals surface area contributed by atoms with Gasteiger partial charge in [-0.2, -0.15) is 8.78 Å². The number of alkyl halides is 2. The molecular formula is C13H12F2N2O3S. The van der Waals surface area contributed by atoms with E-state index < -0.39 is 12.5 Å². The molecular weight excluding hydrogens is 302 g/mol. The van der Waals surface area contributed by atoms with E-state index in [0.717, 1.165) is 5.69 Å². The largest absolute Gasteiger partial charge is 0.493 e. The average Bonchev–Trinajstić information content (AvgIpc) is 2.83. The number of methoxy groups -OCH3 is 1. The summed E-state index contributed by atoms with van der Waals surface area (Å²) in [6.07, 6.45) is 0. The zero-order chi connectivity index (χ0) is 15.4. The smallest absolute Gasteiger partial charge is 0.387 e. The van der Waals surface area contributed by atoms with Gasteiger partial charge in [-0.05, 0) is 19.1 Å². The van der Waals surface area contributed by atoms with Gasteiger partial charge < -0.3 is 9.47 Å². The molecule has 2 rings (SSSR count). The number of para-hydroxylation sites is 1. The molecule has 0 atom stereocenters. The third-order valence-corrected chi connectivity index (χ3v) is 3.37. The van der Waals surface area contributed by atoms with Crippen LogP contribution in [-0.2, 0) is 0 Å². The Balaban J connectivity index is 2.31. The van der Waals surface area contributed by atoms with Crippen molar-refractivity contribution in [3.05, 3.63) is 34.8 Å². The number of aryl methyl sites for hydroxylation is 1. The lowest BCUT2D eigenvalue weighted by Gasteiger charge is -2.13. The number of hydrogen-bond donors (Lipinski definition) is 1. The number of ether oxygens (including phenoxy) is 2. The average molecular weight is 314 g/mol. The van der Waals surface area contributed by atoms with Crippen LogP contribution in [-0.4, -0.2) is 24.6 Å². The van der Waals surface area contributed by atoms with Gasteiger partial charge in [0.25, 0.3) is 5.91 Å². The number of thiazole rings is 1. The Bertz CT molecular complexity index is 646. The van der Waals surface area contributed by atoms with E-state index in [1.165, 1.54) is 36.6 Å². The highest BCUT2D eigenvalue weighted by Gasteiger charge is 2.20. The number of nitrogens with zero attached hydrogens (tertiary/aromatic N) is 1. The zero-order valence-electron chi connectivity index (χ0n) is 11.2. The van der Waals surface area contributed by atoms with Gasteiger partial charge in [-0.15, -0.1) is 11.3 Å². The van der Waals surface area contributed by atoms with Gasteiger partial charge in [0.15, 0.2) is 16.6 Å². The van der Waals surface area contributed by atoms with Gasteiger partial charge in [0.2, 0.25) is 0 Å². The minimum atomic E-state index is -3.06. The lowest BCUT2D eigenvalue weighted by molar-refractivity contribution is -0.0515. The van der Waals surface area contributed by atoms with Crippen molar-refractivity contribution in [2.75, 3.05) is 12.4 Å². The van der Waals surface area contributed by atoms with Gasteiger partial charge in [0.05, 0.1) is 18.4 Å². The molecule has 0 radical (unpaired) electrons. The van der Waals surface area contributed by atoms with Crippen molar-refractivity contribution in [3.8, 4) is 11.5 Å². The second kappa shape index (κ2) is 6.49. The Morgan fingerprint density at radius 2 is 2.19 bits per heavy atom. The van der Waals surface area contributed by atoms with Crippen LogP contribution in [0.5, 0.6) is 11.5 Å². The monoisotopic (exact) mass is 314 g/mol. The van der Waals surface area contributed by atoms with Crippen LogP contribution in [0.3, 0.4) is 0 Å². The molecule has 0 fully saturated rings. The van der Waals surface area contributed by atoms with Crippen molar-refractivity contribution in [2.45, 2.75) is 13.5 Å². The fourth-order valence-corrected chi connectivity index (χ4v) is 2.33. The first kappa shape index (κ1) is 15.2. The van der Waals surface area contributed by atoms with Gasteiger partial charge in [0.1, 0.15) is 0 Å². The fourth-order valence-electron chi connectivity index (χ4n) is 1.64. The number of carbonyl (C=O) groups excluding carboxylic acids is 1. The molecule has 0 aliphatic rings. The summed E-state index contributed by atoms with van der Waals surface area (Å²) in [7, 11) is 1.31. The van der Waals surface area contributed by atoms with Crippen LogP contribution in [0, 0.1) is 6.92 Å². The third-order valence-electron chi connectivity index (χ3n) is 2.49. The number of carbonyl (C=O) groups is 1. The first-order valence-electron chi connectivity index (χ1n) is 5.86. The summed E-state index contributed by atoms with van der Waals surface area (Å²) in [6, 6.07) is 4.32. The Kier molecular flexibility index (Phi) is 4.69. The number of amides is 1.